The Morgan fingerprint density at radius 3 is 2.32 bits per heavy atom. The van der Waals surface area contributed by atoms with Crippen molar-refractivity contribution in [3.8, 4) is 0 Å². The first-order chi connectivity index (χ1) is 9.86. The topological polar surface area (TPSA) is 12.0 Å². The number of allylic oxidation sites excluding steroid dienone is 1. The van der Waals surface area contributed by atoms with Gasteiger partial charge in [0.2, 0.25) is 0 Å². The second-order valence-corrected chi connectivity index (χ2v) is 49.3. The standard InChI is InChI=1S/C10H8Br.C4H10N.C2H7Si.2ClH.Zr/c1-7-5-8-3-2-4-10(11)9(8)6-7;1-4(2,3)5;1-3-2;;;/h2-6H,1H3;5H,1-3H3;3H,1-2H3;2*1H;/q;-1;;;;+3/p-2. The Kier molecular flexibility index (Phi) is 5.39. The van der Waals surface area contributed by atoms with Crippen LogP contribution in [0.15, 0.2) is 28.2 Å². The molecule has 1 unspecified atom stereocenters. The second kappa shape index (κ2) is 6.11. The molecule has 0 aromatic heterocycles. The summed E-state index contributed by atoms with van der Waals surface area (Å²) in [5.41, 5.74) is 3.76. The summed E-state index contributed by atoms with van der Waals surface area (Å²) < 4.78 is 5.08. The number of benzene rings is 1. The Morgan fingerprint density at radius 2 is 1.82 bits per heavy atom. The van der Waals surface area contributed by atoms with Gasteiger partial charge >= 0.3 is 153 Å². The van der Waals surface area contributed by atoms with Crippen LogP contribution in [0.5, 0.6) is 0 Å². The first-order valence-electron chi connectivity index (χ1n) is 7.70. The Bertz CT molecular complexity index is 638. The molecular weight excluding hydrogens is 476 g/mol. The zero-order valence-corrected chi connectivity index (χ0v) is 20.8. The monoisotopic (exact) mass is 498 g/mol. The molecule has 0 spiro atoms. The molecule has 0 fully saturated rings. The molecule has 0 bridgehead atoms. The molecule has 1 aromatic rings. The summed E-state index contributed by atoms with van der Waals surface area (Å²) in [6, 6.07) is 6.36. The van der Waals surface area contributed by atoms with Gasteiger partial charge < -0.3 is 0 Å². The van der Waals surface area contributed by atoms with E-state index in [2.05, 4.69) is 84.3 Å². The average molecular weight is 502 g/mol. The van der Waals surface area contributed by atoms with E-state index in [1.165, 1.54) is 16.7 Å². The molecule has 1 aromatic carbocycles. The SMILES string of the molecule is CC1=Cc2c(Br)cccc2[CH]1[Zr]([Cl])([Cl])([NH]C(C)(C)C)[SiH](C)C. The average Bonchev–Trinajstić information content (AvgIpc) is 2.65. The Morgan fingerprint density at radius 1 is 1.23 bits per heavy atom. The minimum absolute atomic E-state index is 0.0823. The molecule has 1 N–H and O–H groups in total. The van der Waals surface area contributed by atoms with Crippen molar-refractivity contribution in [3.63, 3.8) is 0 Å². The zero-order chi connectivity index (χ0) is 16.9. The number of halogens is 3. The molecule has 1 aliphatic rings. The summed E-state index contributed by atoms with van der Waals surface area (Å²) in [4.78, 5) is 0. The molecule has 0 saturated carbocycles. The molecule has 22 heavy (non-hydrogen) atoms. The summed E-state index contributed by atoms with van der Waals surface area (Å²) in [7, 11) is 14.9. The number of hydrogen-bond donors (Lipinski definition) is 1. The van der Waals surface area contributed by atoms with Crippen molar-refractivity contribution >= 4 is 45.0 Å². The van der Waals surface area contributed by atoms with Crippen LogP contribution in [0.4, 0.5) is 0 Å². The Labute approximate surface area is 152 Å². The third-order valence-electron chi connectivity index (χ3n) is 4.43. The third-order valence-corrected chi connectivity index (χ3v) is 52.4. The number of fused-ring (bicyclic) bond motifs is 1. The van der Waals surface area contributed by atoms with Crippen LogP contribution >= 0.6 is 33.0 Å². The van der Waals surface area contributed by atoms with E-state index in [9.17, 15) is 0 Å². The van der Waals surface area contributed by atoms with E-state index < -0.39 is 21.8 Å². The Hall–Kier alpha value is 1.08. The van der Waals surface area contributed by atoms with Gasteiger partial charge in [0.25, 0.3) is 0 Å². The van der Waals surface area contributed by atoms with Crippen LogP contribution in [-0.2, 0) is 15.8 Å². The quantitative estimate of drug-likeness (QED) is 0.487. The molecule has 0 amide bonds. The van der Waals surface area contributed by atoms with Gasteiger partial charge in [-0.1, -0.05) is 0 Å². The normalized spacial score (nSPS) is 20.5. The van der Waals surface area contributed by atoms with Gasteiger partial charge in [-0.05, 0) is 0 Å². The number of nitrogens with one attached hydrogen (secondary N) is 1. The summed E-state index contributed by atoms with van der Waals surface area (Å²) in [5, 5.41) is 0. The zero-order valence-electron chi connectivity index (χ0n) is 14.1. The van der Waals surface area contributed by atoms with Crippen LogP contribution < -0.4 is 3.26 Å². The van der Waals surface area contributed by atoms with Gasteiger partial charge in [0.1, 0.15) is 0 Å². The van der Waals surface area contributed by atoms with E-state index >= 15 is 0 Å². The van der Waals surface area contributed by atoms with Crippen molar-refractivity contribution in [1.29, 1.82) is 0 Å². The molecule has 1 aliphatic carbocycles. The molecule has 1 atom stereocenters. The molecule has 2 rings (SSSR count). The van der Waals surface area contributed by atoms with Gasteiger partial charge in [0.15, 0.2) is 0 Å². The summed E-state index contributed by atoms with van der Waals surface area (Å²) in [6.45, 7) is 13.3. The van der Waals surface area contributed by atoms with Gasteiger partial charge in [0.05, 0.1) is 0 Å². The molecule has 0 heterocycles. The van der Waals surface area contributed by atoms with Gasteiger partial charge in [-0.25, -0.2) is 0 Å². The van der Waals surface area contributed by atoms with Crippen LogP contribution in [0.2, 0.25) is 13.1 Å². The van der Waals surface area contributed by atoms with E-state index in [4.69, 9.17) is 17.0 Å². The second-order valence-electron chi connectivity index (χ2n) is 7.75. The van der Waals surface area contributed by atoms with Gasteiger partial charge in [0, 0.05) is 0 Å². The molecule has 0 radical (unpaired) electrons. The Balaban J connectivity index is 2.67. The number of rotatable bonds is 3. The van der Waals surface area contributed by atoms with Crippen molar-refractivity contribution < 1.29 is 15.8 Å². The van der Waals surface area contributed by atoms with Crippen molar-refractivity contribution in [2.45, 2.75) is 50.0 Å². The fourth-order valence-electron chi connectivity index (χ4n) is 3.48. The van der Waals surface area contributed by atoms with Crippen molar-refractivity contribution in [2.75, 3.05) is 0 Å². The van der Waals surface area contributed by atoms with Crippen molar-refractivity contribution in [1.82, 2.24) is 3.26 Å². The first kappa shape index (κ1) is 19.4. The molecular formula is C16H25BrCl2NSiZr. The van der Waals surface area contributed by atoms with E-state index in [1.54, 1.807) is 0 Å². The molecule has 6 heteroatoms. The third kappa shape index (κ3) is 3.39. The van der Waals surface area contributed by atoms with Crippen LogP contribution in [0.25, 0.3) is 6.08 Å². The predicted octanol–water partition coefficient (Wildman–Crippen LogP) is 6.19. The predicted molar refractivity (Wildman–Crippen MR) is 104 cm³/mol. The van der Waals surface area contributed by atoms with Crippen molar-refractivity contribution in [2.24, 2.45) is 0 Å². The summed E-state index contributed by atoms with van der Waals surface area (Å²) in [5.74, 6) is -1.31. The van der Waals surface area contributed by atoms with Gasteiger partial charge in [-0.2, -0.15) is 0 Å². The first-order valence-corrected chi connectivity index (χ1v) is 24.6. The molecule has 1 nitrogen and oxygen atoms in total. The summed E-state index contributed by atoms with van der Waals surface area (Å²) >= 11 is -0.518. The van der Waals surface area contributed by atoms with Crippen LogP contribution in [-0.4, -0.2) is 11.5 Å². The van der Waals surface area contributed by atoms with E-state index in [1.807, 2.05) is 0 Å². The maximum atomic E-state index is 7.47. The van der Waals surface area contributed by atoms with Gasteiger partial charge in [-0.15, -0.1) is 0 Å². The number of hydrogen-bond acceptors (Lipinski definition) is 1. The molecule has 0 saturated heterocycles. The van der Waals surface area contributed by atoms with E-state index in [0.29, 0.717) is 0 Å². The molecule has 123 valence electrons. The minimum atomic E-state index is -4.19. The molecule has 0 aliphatic heterocycles. The van der Waals surface area contributed by atoms with E-state index in [0.717, 1.165) is 4.47 Å². The van der Waals surface area contributed by atoms with Gasteiger partial charge in [-0.3, -0.25) is 0 Å². The van der Waals surface area contributed by atoms with E-state index in [-0.39, 0.29) is 9.16 Å². The van der Waals surface area contributed by atoms with Crippen LogP contribution in [0, 0.1) is 0 Å². The van der Waals surface area contributed by atoms with Crippen LogP contribution in [0.1, 0.15) is 42.4 Å². The fraction of sp³-hybridized carbons (Fsp3) is 0.500. The maximum absolute atomic E-state index is 7.47. The summed E-state index contributed by atoms with van der Waals surface area (Å²) in [6.07, 6.45) is 2.25. The fourth-order valence-corrected chi connectivity index (χ4v) is 32.1. The van der Waals surface area contributed by atoms with Crippen molar-refractivity contribution in [3.05, 3.63) is 39.4 Å². The van der Waals surface area contributed by atoms with Crippen LogP contribution in [0.3, 0.4) is 0 Å².